The molecule has 1 saturated carbocycles. The number of hydrogen-bond donors (Lipinski definition) is 0. The van der Waals surface area contributed by atoms with Crippen molar-refractivity contribution in [2.75, 3.05) is 26.4 Å². The third-order valence-corrected chi connectivity index (χ3v) is 7.10. The van der Waals surface area contributed by atoms with Crippen molar-refractivity contribution in [1.82, 2.24) is 9.47 Å². The fourth-order valence-electron chi connectivity index (χ4n) is 5.40. The van der Waals surface area contributed by atoms with Crippen LogP contribution >= 0.6 is 0 Å². The van der Waals surface area contributed by atoms with Gasteiger partial charge in [-0.3, -0.25) is 24.1 Å². The number of Topliss-reactive ketones (excluding diaryl/α,β-unsaturated/α-hetero) is 1. The molecule has 3 heterocycles. The van der Waals surface area contributed by atoms with Crippen LogP contribution in [0.25, 0.3) is 5.69 Å². The highest BCUT2D eigenvalue weighted by Gasteiger charge is 2.48. The number of ether oxygens (including phenoxy) is 3. The lowest BCUT2D eigenvalue weighted by Crippen LogP contribution is -2.37. The number of carbonyl (C=O) groups is 4. The molecule has 5 rings (SSSR count). The minimum Gasteiger partial charge on any atom is -0.486 e. The van der Waals surface area contributed by atoms with Gasteiger partial charge in [-0.05, 0) is 44.9 Å². The fraction of sp³-hybridized carbons (Fsp3) is 0.462. The van der Waals surface area contributed by atoms with Crippen molar-refractivity contribution in [3.05, 3.63) is 41.2 Å². The summed E-state index contributed by atoms with van der Waals surface area (Å²) >= 11 is 0. The first kappa shape index (κ1) is 23.1. The Hall–Kier alpha value is -3.62. The number of esters is 1. The van der Waals surface area contributed by atoms with Gasteiger partial charge in [-0.1, -0.05) is 12.8 Å². The third-order valence-electron chi connectivity index (χ3n) is 7.10. The lowest BCUT2D eigenvalue weighted by Gasteiger charge is -2.20. The second kappa shape index (κ2) is 9.20. The molecule has 2 unspecified atom stereocenters. The van der Waals surface area contributed by atoms with E-state index in [0.29, 0.717) is 48.8 Å². The van der Waals surface area contributed by atoms with E-state index < -0.39 is 19.1 Å². The largest absolute Gasteiger partial charge is 0.486 e. The normalized spacial score (nSPS) is 21.1. The Labute approximate surface area is 202 Å². The topological polar surface area (TPSA) is 104 Å². The highest BCUT2D eigenvalue weighted by molar-refractivity contribution is 6.07. The van der Waals surface area contributed by atoms with E-state index in [2.05, 4.69) is 0 Å². The van der Waals surface area contributed by atoms with Gasteiger partial charge in [0.25, 0.3) is 0 Å². The van der Waals surface area contributed by atoms with Gasteiger partial charge in [-0.25, -0.2) is 0 Å². The summed E-state index contributed by atoms with van der Waals surface area (Å²) in [5, 5.41) is 0. The summed E-state index contributed by atoms with van der Waals surface area (Å²) in [4.78, 5) is 51.4. The Balaban J connectivity index is 1.24. The standard InChI is InChI=1S/C26H28N2O7/c1-15-11-20(16(2)28(15)17-7-8-22-23(12-17)34-10-9-33-22)21(29)14-35-24(30)13-27-25(31)18-5-3-4-6-19(18)26(27)32/h7-8,11-12,18-19H,3-6,9-10,13-14H2,1-2H3. The molecule has 0 N–H and O–H groups in total. The zero-order chi connectivity index (χ0) is 24.7. The molecule has 0 radical (unpaired) electrons. The van der Waals surface area contributed by atoms with E-state index in [1.165, 1.54) is 0 Å². The number of ketones is 1. The lowest BCUT2D eigenvalue weighted by molar-refractivity contribution is -0.152. The second-order valence-corrected chi connectivity index (χ2v) is 9.29. The van der Waals surface area contributed by atoms with Crippen molar-refractivity contribution in [3.8, 4) is 17.2 Å². The van der Waals surface area contributed by atoms with E-state index in [4.69, 9.17) is 14.2 Å². The van der Waals surface area contributed by atoms with Gasteiger partial charge in [-0.15, -0.1) is 0 Å². The minimum atomic E-state index is -0.764. The summed E-state index contributed by atoms with van der Waals surface area (Å²) in [6, 6.07) is 7.34. The molecule has 184 valence electrons. The summed E-state index contributed by atoms with van der Waals surface area (Å²) in [5.41, 5.74) is 2.80. The van der Waals surface area contributed by atoms with Crippen LogP contribution in [-0.4, -0.2) is 59.4 Å². The van der Waals surface area contributed by atoms with Crippen molar-refractivity contribution in [2.45, 2.75) is 39.5 Å². The molecule has 0 spiro atoms. The minimum absolute atomic E-state index is 0.300. The maximum Gasteiger partial charge on any atom is 0.326 e. The van der Waals surface area contributed by atoms with Gasteiger partial charge in [0.05, 0.1) is 11.8 Å². The number of hydrogen-bond acceptors (Lipinski definition) is 7. The Morgan fingerprint density at radius 3 is 2.31 bits per heavy atom. The smallest absolute Gasteiger partial charge is 0.326 e. The highest BCUT2D eigenvalue weighted by Crippen LogP contribution is 2.38. The number of imide groups is 1. The molecule has 35 heavy (non-hydrogen) atoms. The number of likely N-dealkylation sites (tertiary alicyclic amines) is 1. The van der Waals surface area contributed by atoms with Crippen molar-refractivity contribution < 1.29 is 33.4 Å². The maximum absolute atomic E-state index is 12.9. The number of benzene rings is 1. The zero-order valence-corrected chi connectivity index (χ0v) is 19.9. The van der Waals surface area contributed by atoms with Gasteiger partial charge in [-0.2, -0.15) is 0 Å². The number of fused-ring (bicyclic) bond motifs is 2. The van der Waals surface area contributed by atoms with Crippen molar-refractivity contribution >= 4 is 23.6 Å². The SMILES string of the molecule is Cc1cc(C(=O)COC(=O)CN2C(=O)C3CCCCC3C2=O)c(C)n1-c1ccc2c(c1)OCCO2. The Morgan fingerprint density at radius 1 is 0.971 bits per heavy atom. The van der Waals surface area contributed by atoms with E-state index in [1.54, 1.807) is 6.07 Å². The van der Waals surface area contributed by atoms with Crippen LogP contribution in [0.4, 0.5) is 0 Å². The van der Waals surface area contributed by atoms with Crippen molar-refractivity contribution in [2.24, 2.45) is 11.8 Å². The van der Waals surface area contributed by atoms with Crippen LogP contribution in [0.15, 0.2) is 24.3 Å². The average Bonchev–Trinajstić information content (AvgIpc) is 3.30. The molecule has 2 atom stereocenters. The van der Waals surface area contributed by atoms with E-state index in [9.17, 15) is 19.2 Å². The van der Waals surface area contributed by atoms with E-state index in [0.717, 1.165) is 29.1 Å². The van der Waals surface area contributed by atoms with Gasteiger partial charge in [0, 0.05) is 28.7 Å². The number of aromatic nitrogens is 1. The van der Waals surface area contributed by atoms with Crippen LogP contribution in [0.3, 0.4) is 0 Å². The second-order valence-electron chi connectivity index (χ2n) is 9.29. The van der Waals surface area contributed by atoms with E-state index in [1.807, 2.05) is 36.6 Å². The molecule has 2 aliphatic heterocycles. The molecule has 2 aromatic rings. The van der Waals surface area contributed by atoms with Crippen molar-refractivity contribution in [3.63, 3.8) is 0 Å². The summed E-state index contributed by atoms with van der Waals surface area (Å²) < 4.78 is 18.4. The molecule has 1 saturated heterocycles. The Morgan fingerprint density at radius 2 is 1.63 bits per heavy atom. The number of nitrogens with zero attached hydrogens (tertiary/aromatic N) is 2. The lowest BCUT2D eigenvalue weighted by atomic mass is 9.81. The molecule has 2 amide bonds. The Kier molecular flexibility index (Phi) is 6.08. The van der Waals surface area contributed by atoms with Gasteiger partial charge in [0.1, 0.15) is 19.8 Å². The molecule has 2 fully saturated rings. The first-order valence-electron chi connectivity index (χ1n) is 12.0. The molecule has 1 aliphatic carbocycles. The van der Waals surface area contributed by atoms with E-state index >= 15 is 0 Å². The predicted molar refractivity (Wildman–Crippen MR) is 124 cm³/mol. The number of amides is 2. The van der Waals surface area contributed by atoms with E-state index in [-0.39, 0.29) is 29.4 Å². The highest BCUT2D eigenvalue weighted by atomic mass is 16.6. The van der Waals surface area contributed by atoms with Crippen LogP contribution in [0, 0.1) is 25.7 Å². The molecule has 3 aliphatic rings. The zero-order valence-electron chi connectivity index (χ0n) is 19.9. The fourth-order valence-corrected chi connectivity index (χ4v) is 5.40. The van der Waals surface area contributed by atoms with Crippen molar-refractivity contribution in [1.29, 1.82) is 0 Å². The molecule has 9 nitrogen and oxygen atoms in total. The van der Waals surface area contributed by atoms with Crippen LogP contribution in [0.2, 0.25) is 0 Å². The van der Waals surface area contributed by atoms with Crippen LogP contribution in [0.1, 0.15) is 47.4 Å². The first-order valence-corrected chi connectivity index (χ1v) is 12.0. The third kappa shape index (κ3) is 4.19. The van der Waals surface area contributed by atoms with Gasteiger partial charge in [0.15, 0.2) is 18.1 Å². The van der Waals surface area contributed by atoms with Gasteiger partial charge < -0.3 is 18.8 Å². The van der Waals surface area contributed by atoms with Gasteiger partial charge >= 0.3 is 5.97 Å². The molecule has 1 aromatic heterocycles. The molecule has 0 bridgehead atoms. The first-order chi connectivity index (χ1) is 16.8. The summed E-state index contributed by atoms with van der Waals surface area (Å²) in [7, 11) is 0. The summed E-state index contributed by atoms with van der Waals surface area (Å²) in [6.07, 6.45) is 3.19. The summed E-state index contributed by atoms with van der Waals surface area (Å²) in [6.45, 7) is 3.78. The maximum atomic E-state index is 12.9. The number of aryl methyl sites for hydroxylation is 1. The quantitative estimate of drug-likeness (QED) is 0.356. The molecular formula is C26H28N2O7. The van der Waals surface area contributed by atoms with Crippen LogP contribution < -0.4 is 9.47 Å². The number of carbonyl (C=O) groups excluding carboxylic acids is 4. The summed E-state index contributed by atoms with van der Waals surface area (Å²) in [5.74, 6) is -1.04. The predicted octanol–water partition coefficient (Wildman–Crippen LogP) is 2.77. The molecule has 1 aromatic carbocycles. The monoisotopic (exact) mass is 480 g/mol. The molecule has 9 heteroatoms. The Bertz CT molecular complexity index is 1190. The van der Waals surface area contributed by atoms with Crippen LogP contribution in [-0.2, 0) is 19.1 Å². The molecular weight excluding hydrogens is 452 g/mol. The number of rotatable bonds is 6. The van der Waals surface area contributed by atoms with Gasteiger partial charge in [0.2, 0.25) is 17.6 Å². The average molecular weight is 481 g/mol. The van der Waals surface area contributed by atoms with Crippen LogP contribution in [0.5, 0.6) is 11.5 Å².